The lowest BCUT2D eigenvalue weighted by Gasteiger charge is -2.22. The highest BCUT2D eigenvalue weighted by molar-refractivity contribution is 7.89. The van der Waals surface area contributed by atoms with Crippen LogP contribution in [0.1, 0.15) is 36.5 Å². The van der Waals surface area contributed by atoms with Crippen LogP contribution in [0.15, 0.2) is 23.1 Å². The van der Waals surface area contributed by atoms with Gasteiger partial charge in [-0.15, -0.1) is 0 Å². The standard InChI is InChI=1S/C17H25N3O4S/c1-11-7-12(9-18)10-20(11)17(21)13-3-6-15(24-2)16(8-13)25(22,23)19-14-4-5-14/h3,6,8,11-12,14,19H,4-5,7,9-10,18H2,1-2H3. The molecule has 0 bridgehead atoms. The first-order valence-corrected chi connectivity index (χ1v) is 10.1. The van der Waals surface area contributed by atoms with Gasteiger partial charge in [-0.1, -0.05) is 0 Å². The molecule has 138 valence electrons. The molecule has 2 unspecified atom stereocenters. The number of likely N-dealkylation sites (tertiary alicyclic amines) is 1. The number of carbonyl (C=O) groups excluding carboxylic acids is 1. The van der Waals surface area contributed by atoms with Gasteiger partial charge in [0, 0.05) is 24.2 Å². The number of sulfonamides is 1. The van der Waals surface area contributed by atoms with E-state index in [4.69, 9.17) is 10.5 Å². The Morgan fingerprint density at radius 3 is 2.68 bits per heavy atom. The molecule has 1 amide bonds. The van der Waals surface area contributed by atoms with Crippen LogP contribution in [-0.4, -0.2) is 51.5 Å². The lowest BCUT2D eigenvalue weighted by Crippen LogP contribution is -2.34. The molecule has 0 radical (unpaired) electrons. The molecule has 25 heavy (non-hydrogen) atoms. The van der Waals surface area contributed by atoms with Crippen LogP contribution >= 0.6 is 0 Å². The molecular formula is C17H25N3O4S. The van der Waals surface area contributed by atoms with Crippen molar-refractivity contribution in [1.29, 1.82) is 0 Å². The van der Waals surface area contributed by atoms with E-state index in [2.05, 4.69) is 4.72 Å². The predicted octanol–water partition coefficient (Wildman–Crippen LogP) is 0.945. The maximum atomic E-state index is 12.9. The third-order valence-electron chi connectivity index (χ3n) is 4.85. The molecular weight excluding hydrogens is 342 g/mol. The monoisotopic (exact) mass is 367 g/mol. The second kappa shape index (κ2) is 6.93. The minimum Gasteiger partial charge on any atom is -0.495 e. The fourth-order valence-electron chi connectivity index (χ4n) is 3.27. The molecule has 0 spiro atoms. The first-order valence-electron chi connectivity index (χ1n) is 8.57. The van der Waals surface area contributed by atoms with Gasteiger partial charge in [-0.3, -0.25) is 4.79 Å². The van der Waals surface area contributed by atoms with Crippen molar-refractivity contribution in [2.24, 2.45) is 11.7 Å². The summed E-state index contributed by atoms with van der Waals surface area (Å²) >= 11 is 0. The second-order valence-corrected chi connectivity index (χ2v) is 8.59. The predicted molar refractivity (Wildman–Crippen MR) is 94.0 cm³/mol. The topological polar surface area (TPSA) is 102 Å². The Balaban J connectivity index is 1.90. The van der Waals surface area contributed by atoms with Gasteiger partial charge in [-0.2, -0.15) is 0 Å². The molecule has 3 N–H and O–H groups in total. The number of nitrogens with two attached hydrogens (primary N) is 1. The summed E-state index contributed by atoms with van der Waals surface area (Å²) in [6, 6.07) is 4.63. The van der Waals surface area contributed by atoms with Crippen molar-refractivity contribution >= 4 is 15.9 Å². The summed E-state index contributed by atoms with van der Waals surface area (Å²) in [6.07, 6.45) is 2.55. The van der Waals surface area contributed by atoms with Crippen LogP contribution < -0.4 is 15.2 Å². The number of hydrogen-bond acceptors (Lipinski definition) is 5. The Morgan fingerprint density at radius 2 is 2.12 bits per heavy atom. The van der Waals surface area contributed by atoms with E-state index >= 15 is 0 Å². The molecule has 2 aliphatic rings. The lowest BCUT2D eigenvalue weighted by atomic mass is 10.1. The van der Waals surface area contributed by atoms with Crippen LogP contribution in [0.5, 0.6) is 5.75 Å². The van der Waals surface area contributed by atoms with Crippen LogP contribution in [-0.2, 0) is 10.0 Å². The number of rotatable bonds is 6. The third kappa shape index (κ3) is 3.80. The lowest BCUT2D eigenvalue weighted by molar-refractivity contribution is 0.0743. The van der Waals surface area contributed by atoms with Crippen LogP contribution in [0.2, 0.25) is 0 Å². The summed E-state index contributed by atoms with van der Waals surface area (Å²) in [5.41, 5.74) is 6.07. The van der Waals surface area contributed by atoms with E-state index in [1.165, 1.54) is 19.2 Å². The van der Waals surface area contributed by atoms with Gasteiger partial charge in [0.1, 0.15) is 10.6 Å². The van der Waals surface area contributed by atoms with E-state index in [1.807, 2.05) is 6.92 Å². The molecule has 1 saturated carbocycles. The molecule has 1 aliphatic heterocycles. The highest BCUT2D eigenvalue weighted by Crippen LogP contribution is 2.30. The number of nitrogens with zero attached hydrogens (tertiary/aromatic N) is 1. The van der Waals surface area contributed by atoms with Crippen LogP contribution in [0.4, 0.5) is 0 Å². The summed E-state index contributed by atoms with van der Waals surface area (Å²) in [4.78, 5) is 14.6. The Bertz CT molecular complexity index is 761. The number of methoxy groups -OCH3 is 1. The molecule has 1 aliphatic carbocycles. The maximum absolute atomic E-state index is 12.9. The Morgan fingerprint density at radius 1 is 1.40 bits per heavy atom. The number of carbonyl (C=O) groups is 1. The van der Waals surface area contributed by atoms with Crippen molar-refractivity contribution in [2.45, 2.75) is 43.2 Å². The summed E-state index contributed by atoms with van der Waals surface area (Å²) in [5.74, 6) is 0.352. The van der Waals surface area contributed by atoms with Crippen molar-refractivity contribution in [2.75, 3.05) is 20.2 Å². The average molecular weight is 367 g/mol. The highest BCUT2D eigenvalue weighted by Gasteiger charge is 2.34. The first-order chi connectivity index (χ1) is 11.9. The Labute approximate surface area is 148 Å². The van der Waals surface area contributed by atoms with E-state index in [0.717, 1.165) is 19.3 Å². The van der Waals surface area contributed by atoms with Gasteiger partial charge in [-0.05, 0) is 56.8 Å². The largest absolute Gasteiger partial charge is 0.495 e. The van der Waals surface area contributed by atoms with E-state index in [9.17, 15) is 13.2 Å². The normalized spacial score (nSPS) is 23.7. The van der Waals surface area contributed by atoms with Crippen molar-refractivity contribution in [3.8, 4) is 5.75 Å². The SMILES string of the molecule is COc1ccc(C(=O)N2CC(CN)CC2C)cc1S(=O)(=O)NC1CC1. The molecule has 2 atom stereocenters. The molecule has 7 nitrogen and oxygen atoms in total. The van der Waals surface area contributed by atoms with E-state index in [0.29, 0.717) is 18.7 Å². The zero-order valence-corrected chi connectivity index (χ0v) is 15.4. The van der Waals surface area contributed by atoms with E-state index in [1.54, 1.807) is 11.0 Å². The second-order valence-electron chi connectivity index (χ2n) is 6.91. The van der Waals surface area contributed by atoms with Gasteiger partial charge in [0.25, 0.3) is 5.91 Å². The minimum absolute atomic E-state index is 0.00924. The van der Waals surface area contributed by atoms with Gasteiger partial charge in [-0.25, -0.2) is 13.1 Å². The van der Waals surface area contributed by atoms with Crippen LogP contribution in [0.25, 0.3) is 0 Å². The van der Waals surface area contributed by atoms with Gasteiger partial charge in [0.2, 0.25) is 10.0 Å². The molecule has 1 saturated heterocycles. The maximum Gasteiger partial charge on any atom is 0.254 e. The first kappa shape index (κ1) is 18.2. The minimum atomic E-state index is -3.71. The van der Waals surface area contributed by atoms with Crippen molar-refractivity contribution in [3.63, 3.8) is 0 Å². The Hall–Kier alpha value is -1.64. The van der Waals surface area contributed by atoms with E-state index in [-0.39, 0.29) is 34.6 Å². The highest BCUT2D eigenvalue weighted by atomic mass is 32.2. The number of amides is 1. The van der Waals surface area contributed by atoms with Crippen LogP contribution in [0.3, 0.4) is 0 Å². The number of ether oxygens (including phenoxy) is 1. The van der Waals surface area contributed by atoms with Gasteiger partial charge >= 0.3 is 0 Å². The number of nitrogens with one attached hydrogen (secondary N) is 1. The zero-order valence-electron chi connectivity index (χ0n) is 14.6. The molecule has 3 rings (SSSR count). The fourth-order valence-corrected chi connectivity index (χ4v) is 4.77. The molecule has 2 fully saturated rings. The average Bonchev–Trinajstić information content (AvgIpc) is 3.31. The van der Waals surface area contributed by atoms with Crippen LogP contribution in [0, 0.1) is 5.92 Å². The fraction of sp³-hybridized carbons (Fsp3) is 0.588. The number of hydrogen-bond donors (Lipinski definition) is 2. The molecule has 1 aromatic carbocycles. The Kier molecular flexibility index (Phi) is 5.04. The number of benzene rings is 1. The summed E-state index contributed by atoms with van der Waals surface area (Å²) in [6.45, 7) is 3.13. The van der Waals surface area contributed by atoms with Gasteiger partial charge in [0.05, 0.1) is 7.11 Å². The smallest absolute Gasteiger partial charge is 0.254 e. The summed E-state index contributed by atoms with van der Waals surface area (Å²) in [5, 5.41) is 0. The quantitative estimate of drug-likeness (QED) is 0.779. The summed E-state index contributed by atoms with van der Waals surface area (Å²) in [7, 11) is -2.30. The van der Waals surface area contributed by atoms with Gasteiger partial charge in [0.15, 0.2) is 0 Å². The van der Waals surface area contributed by atoms with Crippen molar-refractivity contribution in [3.05, 3.63) is 23.8 Å². The zero-order chi connectivity index (χ0) is 18.2. The molecule has 1 heterocycles. The van der Waals surface area contributed by atoms with Crippen molar-refractivity contribution < 1.29 is 17.9 Å². The molecule has 1 aromatic rings. The molecule has 8 heteroatoms. The van der Waals surface area contributed by atoms with Gasteiger partial charge < -0.3 is 15.4 Å². The molecule has 0 aromatic heterocycles. The van der Waals surface area contributed by atoms with E-state index < -0.39 is 10.0 Å². The van der Waals surface area contributed by atoms with Crippen molar-refractivity contribution in [1.82, 2.24) is 9.62 Å². The summed E-state index contributed by atoms with van der Waals surface area (Å²) < 4.78 is 33.0. The third-order valence-corrected chi connectivity index (χ3v) is 6.40.